The normalized spacial score (nSPS) is 15.7. The van der Waals surface area contributed by atoms with Crippen molar-refractivity contribution in [2.45, 2.75) is 111 Å². The SMILES string of the molecule is CCOC(=O)[C@](C)(CO)CCc1cnc(C(=O)Cc2cccc(-c3cccc(NC(=O)c4cc(C5CC5)c(CC[C@@](C)(CO)C(=O)OCC)cn4)c3C)c2C)cc1C1CC1. The molecule has 318 valence electrons. The summed E-state index contributed by atoms with van der Waals surface area (Å²) in [6, 6.07) is 15.5. The second kappa shape index (κ2) is 19.0. The van der Waals surface area contributed by atoms with Crippen LogP contribution >= 0.6 is 0 Å². The van der Waals surface area contributed by atoms with Crippen molar-refractivity contribution in [1.29, 1.82) is 0 Å². The molecule has 60 heavy (non-hydrogen) atoms. The van der Waals surface area contributed by atoms with Gasteiger partial charge in [-0.15, -0.1) is 0 Å². The number of amides is 1. The van der Waals surface area contributed by atoms with E-state index in [1.807, 2.05) is 62.4 Å². The Kier molecular flexibility index (Phi) is 14.0. The summed E-state index contributed by atoms with van der Waals surface area (Å²) >= 11 is 0. The predicted octanol–water partition coefficient (Wildman–Crippen LogP) is 8.18. The second-order valence-corrected chi connectivity index (χ2v) is 17.1. The van der Waals surface area contributed by atoms with Crippen LogP contribution in [0.3, 0.4) is 0 Å². The maximum atomic E-state index is 13.8. The minimum absolute atomic E-state index is 0.0846. The average molecular weight is 818 g/mol. The van der Waals surface area contributed by atoms with Gasteiger partial charge in [0, 0.05) is 24.5 Å². The van der Waals surface area contributed by atoms with Crippen LogP contribution in [0.25, 0.3) is 11.1 Å². The molecular formula is C49H59N3O8. The summed E-state index contributed by atoms with van der Waals surface area (Å²) in [5, 5.41) is 23.1. The van der Waals surface area contributed by atoms with Crippen molar-refractivity contribution in [1.82, 2.24) is 9.97 Å². The summed E-state index contributed by atoms with van der Waals surface area (Å²) in [5.74, 6) is -0.560. The summed E-state index contributed by atoms with van der Waals surface area (Å²) < 4.78 is 10.4. The molecule has 0 saturated heterocycles. The number of anilines is 1. The number of aliphatic hydroxyl groups excluding tert-OH is 2. The number of benzene rings is 2. The van der Waals surface area contributed by atoms with E-state index in [1.165, 1.54) is 0 Å². The second-order valence-electron chi connectivity index (χ2n) is 17.1. The third-order valence-corrected chi connectivity index (χ3v) is 12.4. The molecule has 11 heteroatoms. The zero-order chi connectivity index (χ0) is 43.2. The first kappa shape index (κ1) is 44.3. The van der Waals surface area contributed by atoms with Crippen LogP contribution in [0.4, 0.5) is 5.69 Å². The van der Waals surface area contributed by atoms with E-state index in [2.05, 4.69) is 15.3 Å². The van der Waals surface area contributed by atoms with Crippen molar-refractivity contribution in [2.75, 3.05) is 31.7 Å². The number of esters is 2. The first-order valence-corrected chi connectivity index (χ1v) is 21.3. The number of ketones is 1. The third kappa shape index (κ3) is 10.0. The zero-order valence-electron chi connectivity index (χ0n) is 35.9. The summed E-state index contributed by atoms with van der Waals surface area (Å²) in [4.78, 5) is 61.8. The number of hydrogen-bond donors (Lipinski definition) is 3. The number of ether oxygens (including phenoxy) is 2. The molecule has 0 radical (unpaired) electrons. The highest BCUT2D eigenvalue weighted by atomic mass is 16.5. The lowest BCUT2D eigenvalue weighted by Gasteiger charge is -2.25. The van der Waals surface area contributed by atoms with Gasteiger partial charge in [-0.25, -0.2) is 0 Å². The molecule has 2 heterocycles. The molecule has 4 aromatic rings. The number of nitrogens with one attached hydrogen (secondary N) is 1. The monoisotopic (exact) mass is 817 g/mol. The Hall–Kier alpha value is -5.26. The summed E-state index contributed by atoms with van der Waals surface area (Å²) in [5.41, 5.74) is 8.07. The number of carbonyl (C=O) groups excluding carboxylic acids is 4. The van der Waals surface area contributed by atoms with Crippen molar-refractivity contribution in [3.63, 3.8) is 0 Å². The lowest BCUT2D eigenvalue weighted by Crippen LogP contribution is -2.34. The molecule has 0 bridgehead atoms. The zero-order valence-corrected chi connectivity index (χ0v) is 35.9. The van der Waals surface area contributed by atoms with Crippen molar-refractivity contribution in [2.24, 2.45) is 10.8 Å². The van der Waals surface area contributed by atoms with Crippen LogP contribution in [0.1, 0.15) is 138 Å². The Morgan fingerprint density at radius 3 is 1.68 bits per heavy atom. The van der Waals surface area contributed by atoms with E-state index in [1.54, 1.807) is 40.1 Å². The molecule has 2 aromatic carbocycles. The standard InChI is InChI=1S/C49H59N3O8/c1-7-59-46(57)48(5,28-53)21-19-35-26-50-42(24-39(35)32-15-16-32)44(55)23-34-11-9-12-37(30(34)3)38-13-10-14-41(31(38)4)52-45(56)43-25-40(33-17-18-33)36(27-51-43)20-22-49(6,29-54)47(58)60-8-2/h9-14,24-27,32-33,53-54H,7-8,15-23,28-29H2,1-6H3,(H,52,56)/t48-,49-/m0/s1. The maximum Gasteiger partial charge on any atom is 0.314 e. The highest BCUT2D eigenvalue weighted by Gasteiger charge is 2.37. The molecule has 6 rings (SSSR count). The van der Waals surface area contributed by atoms with Gasteiger partial charge in [-0.1, -0.05) is 30.3 Å². The van der Waals surface area contributed by atoms with E-state index in [0.29, 0.717) is 54.6 Å². The molecule has 2 aliphatic rings. The van der Waals surface area contributed by atoms with Crippen LogP contribution in [-0.4, -0.2) is 70.2 Å². The molecule has 2 saturated carbocycles. The van der Waals surface area contributed by atoms with E-state index in [9.17, 15) is 29.4 Å². The van der Waals surface area contributed by atoms with Crippen LogP contribution in [0.15, 0.2) is 60.9 Å². The quantitative estimate of drug-likeness (QED) is 0.0585. The van der Waals surface area contributed by atoms with Gasteiger partial charge in [0.05, 0.1) is 37.3 Å². The minimum atomic E-state index is -1.02. The number of nitrogens with zero attached hydrogens (tertiary/aromatic N) is 2. The number of aliphatic hydroxyl groups is 2. The number of aromatic nitrogens is 2. The number of pyridine rings is 2. The van der Waals surface area contributed by atoms with Gasteiger partial charge in [-0.2, -0.15) is 0 Å². The Labute approximate surface area is 353 Å². The smallest absolute Gasteiger partial charge is 0.314 e. The lowest BCUT2D eigenvalue weighted by molar-refractivity contribution is -0.158. The van der Waals surface area contributed by atoms with Gasteiger partial charge in [0.1, 0.15) is 11.4 Å². The van der Waals surface area contributed by atoms with E-state index >= 15 is 0 Å². The largest absolute Gasteiger partial charge is 0.466 e. The van der Waals surface area contributed by atoms with Crippen molar-refractivity contribution in [3.8, 4) is 11.1 Å². The average Bonchev–Trinajstić information content (AvgIpc) is 4.19. The molecule has 11 nitrogen and oxygen atoms in total. The Balaban J connectivity index is 1.16. The molecule has 2 aromatic heterocycles. The van der Waals surface area contributed by atoms with Crippen molar-refractivity contribution in [3.05, 3.63) is 111 Å². The fourth-order valence-electron chi connectivity index (χ4n) is 7.84. The molecule has 0 unspecified atom stereocenters. The Bertz CT molecular complexity index is 2090. The molecule has 2 aliphatic carbocycles. The molecule has 2 fully saturated rings. The fourth-order valence-corrected chi connectivity index (χ4v) is 7.84. The van der Waals surface area contributed by atoms with Crippen LogP contribution in [-0.2, 0) is 38.3 Å². The number of hydrogen-bond acceptors (Lipinski definition) is 10. The molecule has 2 atom stereocenters. The molecule has 1 amide bonds. The van der Waals surface area contributed by atoms with Gasteiger partial charge in [-0.05, 0) is 173 Å². The van der Waals surface area contributed by atoms with Crippen LogP contribution in [0, 0.1) is 24.7 Å². The van der Waals surface area contributed by atoms with Crippen molar-refractivity contribution >= 4 is 29.3 Å². The Morgan fingerprint density at radius 2 is 1.18 bits per heavy atom. The summed E-state index contributed by atoms with van der Waals surface area (Å²) in [7, 11) is 0. The van der Waals surface area contributed by atoms with Crippen LogP contribution in [0.5, 0.6) is 0 Å². The van der Waals surface area contributed by atoms with Crippen LogP contribution in [0.2, 0.25) is 0 Å². The molecule has 3 N–H and O–H groups in total. The van der Waals surface area contributed by atoms with Crippen LogP contribution < -0.4 is 5.32 Å². The topological polar surface area (TPSA) is 165 Å². The number of Topliss-reactive ketones (excluding diaryl/α,β-unsaturated/α-hetero) is 1. The lowest BCUT2D eigenvalue weighted by atomic mass is 9.84. The van der Waals surface area contributed by atoms with E-state index in [-0.39, 0.29) is 44.5 Å². The van der Waals surface area contributed by atoms with E-state index < -0.39 is 22.8 Å². The molecule has 0 aliphatic heterocycles. The molecular weight excluding hydrogens is 759 g/mol. The van der Waals surface area contributed by atoms with Gasteiger partial charge >= 0.3 is 11.9 Å². The van der Waals surface area contributed by atoms with Gasteiger partial charge in [-0.3, -0.25) is 29.1 Å². The highest BCUT2D eigenvalue weighted by Crippen LogP contribution is 2.44. The van der Waals surface area contributed by atoms with Gasteiger partial charge in [0.25, 0.3) is 5.91 Å². The van der Waals surface area contributed by atoms with Gasteiger partial charge in [0.2, 0.25) is 0 Å². The minimum Gasteiger partial charge on any atom is -0.466 e. The first-order valence-electron chi connectivity index (χ1n) is 21.3. The summed E-state index contributed by atoms with van der Waals surface area (Å²) in [6.07, 6.45) is 9.65. The van der Waals surface area contributed by atoms with Crippen molar-refractivity contribution < 1.29 is 38.9 Å². The Morgan fingerprint density at radius 1 is 0.700 bits per heavy atom. The fraction of sp³-hybridized carbons (Fsp3) is 0.469. The van der Waals surface area contributed by atoms with E-state index in [0.717, 1.165) is 75.8 Å². The number of aryl methyl sites for hydroxylation is 2. The summed E-state index contributed by atoms with van der Waals surface area (Å²) in [6.45, 7) is 10.8. The number of carbonyl (C=O) groups is 4. The first-order chi connectivity index (χ1) is 28.7. The highest BCUT2D eigenvalue weighted by molar-refractivity contribution is 6.04. The molecule has 0 spiro atoms. The third-order valence-electron chi connectivity index (χ3n) is 12.4. The predicted molar refractivity (Wildman–Crippen MR) is 230 cm³/mol. The van der Waals surface area contributed by atoms with Gasteiger partial charge in [0.15, 0.2) is 5.78 Å². The van der Waals surface area contributed by atoms with E-state index in [4.69, 9.17) is 9.47 Å². The van der Waals surface area contributed by atoms with Gasteiger partial charge < -0.3 is 25.0 Å². The number of rotatable bonds is 20. The maximum absolute atomic E-state index is 13.8.